The number of nitrogens with zero attached hydrogens (tertiary/aromatic N) is 5. The van der Waals surface area contributed by atoms with Crippen molar-refractivity contribution < 1.29 is 13.9 Å². The van der Waals surface area contributed by atoms with Crippen molar-refractivity contribution in [1.29, 1.82) is 0 Å². The number of amidine groups is 1. The van der Waals surface area contributed by atoms with Gasteiger partial charge in [0.25, 0.3) is 11.5 Å². The zero-order chi connectivity index (χ0) is 24.4. The average molecular weight is 483 g/mol. The second kappa shape index (κ2) is 9.48. The fourth-order valence-corrected chi connectivity index (χ4v) is 4.58. The molecule has 0 unspecified atom stereocenters. The maximum Gasteiger partial charge on any atom is 0.282 e. The van der Waals surface area contributed by atoms with Crippen LogP contribution < -0.4 is 16.0 Å². The van der Waals surface area contributed by atoms with Crippen LogP contribution in [0.25, 0.3) is 16.5 Å². The third kappa shape index (κ3) is 4.29. The molecule has 0 bridgehead atoms. The zero-order valence-corrected chi connectivity index (χ0v) is 19.3. The molecule has 0 radical (unpaired) electrons. The Hall–Kier alpha value is -3.99. The van der Waals surface area contributed by atoms with E-state index in [1.807, 2.05) is 4.90 Å². The molecule has 3 heterocycles. The van der Waals surface area contributed by atoms with E-state index < -0.39 is 11.5 Å². The molecule has 0 spiro atoms. The summed E-state index contributed by atoms with van der Waals surface area (Å²) in [4.78, 5) is 33.9. The van der Waals surface area contributed by atoms with Gasteiger partial charge in [-0.2, -0.15) is 14.2 Å². The molecule has 2 aromatic heterocycles. The van der Waals surface area contributed by atoms with Gasteiger partial charge < -0.3 is 20.3 Å². The Bertz CT molecular complexity index is 1350. The smallest absolute Gasteiger partial charge is 0.282 e. The minimum atomic E-state index is -0.809. The van der Waals surface area contributed by atoms with Crippen LogP contribution in [0.3, 0.4) is 0 Å². The molecular formula is C23H23FN6O3S. The Balaban J connectivity index is 1.68. The minimum Gasteiger partial charge on any atom is -0.497 e. The Kier molecular flexibility index (Phi) is 6.46. The Morgan fingerprint density at radius 2 is 1.88 bits per heavy atom. The second-order valence-corrected chi connectivity index (χ2v) is 8.39. The van der Waals surface area contributed by atoms with Crippen molar-refractivity contribution >= 4 is 38.9 Å². The number of hydrogen-bond donors (Lipinski definition) is 1. The molecule has 11 heteroatoms. The summed E-state index contributed by atoms with van der Waals surface area (Å²) in [6, 6.07) is 6.78. The summed E-state index contributed by atoms with van der Waals surface area (Å²) in [6.07, 6.45) is 1.45. The molecule has 0 saturated carbocycles. The Labute approximate surface area is 198 Å². The number of anilines is 1. The van der Waals surface area contributed by atoms with Gasteiger partial charge in [-0.15, -0.1) is 11.3 Å². The molecule has 1 aliphatic rings. The van der Waals surface area contributed by atoms with E-state index in [0.29, 0.717) is 53.8 Å². The first-order valence-electron chi connectivity index (χ1n) is 10.4. The number of fused-ring (bicyclic) bond motifs is 1. The third-order valence-corrected chi connectivity index (χ3v) is 6.32. The first-order chi connectivity index (χ1) is 16.3. The number of nitrogens with two attached hydrogens (primary N) is 1. The van der Waals surface area contributed by atoms with Crippen molar-refractivity contribution in [3.63, 3.8) is 0 Å². The molecule has 176 valence electrons. The lowest BCUT2D eigenvalue weighted by molar-refractivity contribution is 0.0686. The zero-order valence-electron chi connectivity index (χ0n) is 18.5. The first-order valence-corrected chi connectivity index (χ1v) is 11.3. The lowest BCUT2D eigenvalue weighted by Gasteiger charge is -2.35. The summed E-state index contributed by atoms with van der Waals surface area (Å²) < 4.78 is 19.5. The summed E-state index contributed by atoms with van der Waals surface area (Å²) in [5.74, 6) is -0.146. The average Bonchev–Trinajstić information content (AvgIpc) is 3.24. The number of nitrogen functional groups attached to an aromatic ring is 1. The SMILES string of the molecule is C=C/C(=N\C(=C)F)N1CCN(C(=O)c2nn(-c3ccc(OC)cc3)c(=O)c3c(N)scc23)CC1. The van der Waals surface area contributed by atoms with Crippen LogP contribution in [0.4, 0.5) is 9.39 Å². The molecule has 1 aromatic carbocycles. The summed E-state index contributed by atoms with van der Waals surface area (Å²) in [7, 11) is 1.55. The molecule has 1 aliphatic heterocycles. The molecule has 1 fully saturated rings. The van der Waals surface area contributed by atoms with E-state index in [9.17, 15) is 14.0 Å². The summed E-state index contributed by atoms with van der Waals surface area (Å²) in [6.45, 7) is 8.39. The maximum absolute atomic E-state index is 13.5. The van der Waals surface area contributed by atoms with Crippen molar-refractivity contribution in [3.05, 3.63) is 70.9 Å². The predicted octanol–water partition coefficient (Wildman–Crippen LogP) is 2.82. The number of hydrogen-bond acceptors (Lipinski definition) is 7. The van der Waals surface area contributed by atoms with Gasteiger partial charge in [0.05, 0.1) is 23.2 Å². The number of rotatable bonds is 5. The number of benzene rings is 1. The van der Waals surface area contributed by atoms with Gasteiger partial charge in [0.1, 0.15) is 11.6 Å². The van der Waals surface area contributed by atoms with Crippen molar-refractivity contribution in [3.8, 4) is 11.4 Å². The van der Waals surface area contributed by atoms with E-state index in [0.717, 1.165) is 0 Å². The van der Waals surface area contributed by atoms with Crippen molar-refractivity contribution in [1.82, 2.24) is 19.6 Å². The van der Waals surface area contributed by atoms with Gasteiger partial charge in [0, 0.05) is 36.9 Å². The van der Waals surface area contributed by atoms with Gasteiger partial charge in [-0.1, -0.05) is 6.58 Å². The van der Waals surface area contributed by atoms with Crippen LogP contribution in [0.1, 0.15) is 10.5 Å². The van der Waals surface area contributed by atoms with E-state index in [1.165, 1.54) is 22.1 Å². The quantitative estimate of drug-likeness (QED) is 0.341. The molecule has 34 heavy (non-hydrogen) atoms. The monoisotopic (exact) mass is 482 g/mol. The van der Waals surface area contributed by atoms with E-state index in [1.54, 1.807) is 41.7 Å². The number of amides is 1. The van der Waals surface area contributed by atoms with Gasteiger partial charge in [-0.05, 0) is 36.9 Å². The highest BCUT2D eigenvalue weighted by Gasteiger charge is 2.28. The van der Waals surface area contributed by atoms with Gasteiger partial charge in [0.2, 0.25) is 5.95 Å². The molecule has 0 atom stereocenters. The molecule has 0 aliphatic carbocycles. The lowest BCUT2D eigenvalue weighted by Crippen LogP contribution is -2.50. The summed E-state index contributed by atoms with van der Waals surface area (Å²) in [5.41, 5.74) is 6.31. The van der Waals surface area contributed by atoms with Crippen LogP contribution in [0, 0.1) is 0 Å². The maximum atomic E-state index is 13.5. The van der Waals surface area contributed by atoms with E-state index in [2.05, 4.69) is 23.2 Å². The Morgan fingerprint density at radius 3 is 2.47 bits per heavy atom. The molecule has 9 nitrogen and oxygen atoms in total. The van der Waals surface area contributed by atoms with Crippen molar-refractivity contribution in [2.45, 2.75) is 0 Å². The highest BCUT2D eigenvalue weighted by molar-refractivity contribution is 7.15. The number of aliphatic imine (C=N–C) groups is 1. The van der Waals surface area contributed by atoms with Gasteiger partial charge in [-0.3, -0.25) is 9.59 Å². The highest BCUT2D eigenvalue weighted by Crippen LogP contribution is 2.28. The predicted molar refractivity (Wildman–Crippen MR) is 132 cm³/mol. The number of thiophene rings is 1. The number of halogens is 1. The fraction of sp³-hybridized carbons (Fsp3) is 0.217. The fourth-order valence-electron chi connectivity index (χ4n) is 3.79. The van der Waals surface area contributed by atoms with E-state index >= 15 is 0 Å². The van der Waals surface area contributed by atoms with Crippen molar-refractivity contribution in [2.75, 3.05) is 39.0 Å². The van der Waals surface area contributed by atoms with Crippen LogP contribution in [0.15, 0.2) is 64.6 Å². The van der Waals surface area contributed by atoms with Gasteiger partial charge in [0.15, 0.2) is 5.69 Å². The standard InChI is InChI=1S/C23H23FN6O3S/c1-4-18(26-14(2)24)28-9-11-29(12-10-28)23(32)20-17-13-34-21(25)19(17)22(31)30(27-20)15-5-7-16(33-3)8-6-15/h4-8,13H,1-2,9-12,25H2,3H3/b26-18+. The number of aromatic nitrogens is 2. The molecule has 2 N–H and O–H groups in total. The van der Waals surface area contributed by atoms with E-state index in [-0.39, 0.29) is 17.0 Å². The van der Waals surface area contributed by atoms with Crippen LogP contribution in [-0.4, -0.2) is 64.6 Å². The normalized spacial score (nSPS) is 14.4. The molecular weight excluding hydrogens is 459 g/mol. The highest BCUT2D eigenvalue weighted by atomic mass is 32.1. The Morgan fingerprint density at radius 1 is 1.24 bits per heavy atom. The number of piperazine rings is 1. The van der Waals surface area contributed by atoms with Crippen LogP contribution in [-0.2, 0) is 0 Å². The summed E-state index contributed by atoms with van der Waals surface area (Å²) in [5, 5.41) is 7.12. The number of ether oxygens (including phenoxy) is 1. The molecule has 1 saturated heterocycles. The number of carbonyl (C=O) groups excluding carboxylic acids is 1. The van der Waals surface area contributed by atoms with Crippen LogP contribution >= 0.6 is 11.3 Å². The minimum absolute atomic E-state index is 0.140. The van der Waals surface area contributed by atoms with Gasteiger partial charge in [-0.25, -0.2) is 4.99 Å². The summed E-state index contributed by atoms with van der Waals surface area (Å²) >= 11 is 1.19. The van der Waals surface area contributed by atoms with Crippen LogP contribution in [0.5, 0.6) is 5.75 Å². The van der Waals surface area contributed by atoms with Crippen LogP contribution in [0.2, 0.25) is 0 Å². The van der Waals surface area contributed by atoms with Gasteiger partial charge >= 0.3 is 0 Å². The number of methoxy groups -OCH3 is 1. The molecule has 1 amide bonds. The third-order valence-electron chi connectivity index (χ3n) is 5.51. The number of carbonyl (C=O) groups is 1. The van der Waals surface area contributed by atoms with Crippen molar-refractivity contribution in [2.24, 2.45) is 4.99 Å². The topological polar surface area (TPSA) is 106 Å². The largest absolute Gasteiger partial charge is 0.497 e. The second-order valence-electron chi connectivity index (χ2n) is 7.48. The lowest BCUT2D eigenvalue weighted by atomic mass is 10.2. The van der Waals surface area contributed by atoms with E-state index in [4.69, 9.17) is 10.5 Å². The molecule has 3 aromatic rings. The molecule has 4 rings (SSSR count). The first kappa shape index (κ1) is 23.2.